The zero-order valence-electron chi connectivity index (χ0n) is 26.2. The topological polar surface area (TPSA) is 150 Å². The van der Waals surface area contributed by atoms with Crippen LogP contribution in [0.1, 0.15) is 81.6 Å². The first kappa shape index (κ1) is 33.1. The Bertz CT molecular complexity index is 1260. The van der Waals surface area contributed by atoms with E-state index in [-0.39, 0.29) is 50.9 Å². The van der Waals surface area contributed by atoms with Crippen LogP contribution in [0.5, 0.6) is 0 Å². The Hall–Kier alpha value is -3.25. The molecule has 4 aliphatic rings. The number of rotatable bonds is 14. The van der Waals surface area contributed by atoms with Crippen LogP contribution in [0.25, 0.3) is 6.08 Å². The lowest BCUT2D eigenvalue weighted by Gasteiger charge is -2.31. The SMILES string of the molecule is CC(C)(C)OC(=O)CCC(CO)NC(=O)C1=CC2OC(C3CC3)(C3CC3)OC2C(OC(=O)c2ccc(C=COCCO)cc2)C1. The van der Waals surface area contributed by atoms with Crippen molar-refractivity contribution in [2.45, 2.75) is 101 Å². The summed E-state index contributed by atoms with van der Waals surface area (Å²) in [5.41, 5.74) is 0.899. The summed E-state index contributed by atoms with van der Waals surface area (Å²) in [6, 6.07) is 6.15. The predicted octanol–water partition coefficient (Wildman–Crippen LogP) is 3.42. The Labute approximate surface area is 263 Å². The molecule has 1 saturated heterocycles. The van der Waals surface area contributed by atoms with Gasteiger partial charge in [0.1, 0.15) is 30.5 Å². The lowest BCUT2D eigenvalue weighted by Crippen LogP contribution is -2.45. The van der Waals surface area contributed by atoms with Gasteiger partial charge < -0.3 is 39.2 Å². The molecule has 1 aliphatic heterocycles. The quantitative estimate of drug-likeness (QED) is 0.159. The standard InChI is InChI=1S/C34H45NO10/c1-33(2,3)44-29(38)13-12-26(20-37)35-31(39)23-18-27(30-28(19-23)43-34(45-30,24-8-9-24)25-10-11-25)42-32(40)22-6-4-21(5-7-22)14-16-41-17-15-36/h4-7,14,16,19,24-28,30,36-37H,8-13,15,17-18,20H2,1-3H3,(H,35,39). The normalized spacial score (nSPS) is 24.8. The van der Waals surface area contributed by atoms with Crippen molar-refractivity contribution in [2.24, 2.45) is 11.8 Å². The number of aliphatic hydroxyl groups excluding tert-OH is 2. The summed E-state index contributed by atoms with van der Waals surface area (Å²) < 4.78 is 29.8. The van der Waals surface area contributed by atoms with E-state index < -0.39 is 53.6 Å². The minimum atomic E-state index is -0.770. The molecule has 3 aliphatic carbocycles. The molecular formula is C34H45NO10. The molecule has 1 amide bonds. The van der Waals surface area contributed by atoms with E-state index in [1.165, 1.54) is 6.26 Å². The first-order chi connectivity index (χ1) is 21.5. The maximum Gasteiger partial charge on any atom is 0.338 e. The van der Waals surface area contributed by atoms with Crippen LogP contribution in [-0.2, 0) is 33.3 Å². The van der Waals surface area contributed by atoms with Crippen molar-refractivity contribution in [3.05, 3.63) is 53.3 Å². The zero-order valence-corrected chi connectivity index (χ0v) is 26.2. The Balaban J connectivity index is 1.28. The molecule has 0 spiro atoms. The maximum atomic E-state index is 13.5. The van der Waals surface area contributed by atoms with Crippen molar-refractivity contribution in [3.8, 4) is 0 Å². The van der Waals surface area contributed by atoms with Crippen LogP contribution in [0.3, 0.4) is 0 Å². The first-order valence-electron chi connectivity index (χ1n) is 15.9. The van der Waals surface area contributed by atoms with Gasteiger partial charge in [-0.3, -0.25) is 9.59 Å². The van der Waals surface area contributed by atoms with E-state index in [2.05, 4.69) is 5.32 Å². The van der Waals surface area contributed by atoms with Crippen LogP contribution in [0, 0.1) is 11.8 Å². The van der Waals surface area contributed by atoms with E-state index in [0.717, 1.165) is 31.2 Å². The molecule has 3 N–H and O–H groups in total. The van der Waals surface area contributed by atoms with Gasteiger partial charge in [-0.1, -0.05) is 12.1 Å². The number of hydrogen-bond acceptors (Lipinski definition) is 10. The van der Waals surface area contributed by atoms with Crippen molar-refractivity contribution in [2.75, 3.05) is 19.8 Å². The molecule has 2 saturated carbocycles. The number of carbonyl (C=O) groups is 3. The van der Waals surface area contributed by atoms with Crippen molar-refractivity contribution in [1.29, 1.82) is 0 Å². The zero-order chi connectivity index (χ0) is 32.2. The largest absolute Gasteiger partial charge is 0.499 e. The first-order valence-corrected chi connectivity index (χ1v) is 15.9. The van der Waals surface area contributed by atoms with E-state index >= 15 is 0 Å². The summed E-state index contributed by atoms with van der Waals surface area (Å²) in [5, 5.41) is 21.6. The summed E-state index contributed by atoms with van der Waals surface area (Å²) in [4.78, 5) is 39.0. The lowest BCUT2D eigenvalue weighted by molar-refractivity contribution is -0.209. The molecule has 4 unspecified atom stereocenters. The molecule has 0 radical (unpaired) electrons. The fourth-order valence-electron chi connectivity index (χ4n) is 5.92. The Kier molecular flexibility index (Phi) is 10.3. The fourth-order valence-corrected chi connectivity index (χ4v) is 5.92. The molecule has 3 fully saturated rings. The molecule has 0 aromatic heterocycles. The van der Waals surface area contributed by atoms with Gasteiger partial charge in [-0.25, -0.2) is 4.79 Å². The molecular weight excluding hydrogens is 582 g/mol. The van der Waals surface area contributed by atoms with Gasteiger partial charge in [-0.2, -0.15) is 0 Å². The molecule has 0 bridgehead atoms. The van der Waals surface area contributed by atoms with Gasteiger partial charge in [-0.15, -0.1) is 0 Å². The van der Waals surface area contributed by atoms with E-state index in [9.17, 15) is 19.5 Å². The van der Waals surface area contributed by atoms with Crippen molar-refractivity contribution in [3.63, 3.8) is 0 Å². The van der Waals surface area contributed by atoms with Crippen LogP contribution in [0.15, 0.2) is 42.2 Å². The Morgan fingerprint density at radius 1 is 1.07 bits per heavy atom. The van der Waals surface area contributed by atoms with E-state index in [1.807, 2.05) is 0 Å². The summed E-state index contributed by atoms with van der Waals surface area (Å²) in [6.45, 7) is 5.11. The highest BCUT2D eigenvalue weighted by atomic mass is 16.8. The number of ether oxygens (including phenoxy) is 5. The molecule has 1 heterocycles. The van der Waals surface area contributed by atoms with Crippen LogP contribution in [-0.4, -0.2) is 83.6 Å². The minimum Gasteiger partial charge on any atom is -0.499 e. The van der Waals surface area contributed by atoms with Gasteiger partial charge in [-0.05, 0) is 82.7 Å². The van der Waals surface area contributed by atoms with Gasteiger partial charge in [0.25, 0.3) is 0 Å². The molecule has 45 heavy (non-hydrogen) atoms. The summed E-state index contributed by atoms with van der Waals surface area (Å²) in [5.74, 6) is -1.53. The van der Waals surface area contributed by atoms with Gasteiger partial charge in [0.15, 0.2) is 5.79 Å². The molecule has 4 atom stereocenters. The molecule has 1 aromatic rings. The highest BCUT2D eigenvalue weighted by molar-refractivity contribution is 5.94. The third-order valence-corrected chi connectivity index (χ3v) is 8.34. The van der Waals surface area contributed by atoms with E-state index in [0.29, 0.717) is 11.1 Å². The van der Waals surface area contributed by atoms with Gasteiger partial charge in [0.2, 0.25) is 5.91 Å². The van der Waals surface area contributed by atoms with Crippen LogP contribution < -0.4 is 5.32 Å². The van der Waals surface area contributed by atoms with Crippen molar-refractivity contribution >= 4 is 23.9 Å². The number of benzene rings is 1. The average Bonchev–Trinajstić information content (AvgIpc) is 3.94. The van der Waals surface area contributed by atoms with Crippen molar-refractivity contribution in [1.82, 2.24) is 5.32 Å². The van der Waals surface area contributed by atoms with Gasteiger partial charge in [0, 0.05) is 30.3 Å². The molecule has 11 nitrogen and oxygen atoms in total. The average molecular weight is 628 g/mol. The third-order valence-electron chi connectivity index (χ3n) is 8.34. The van der Waals surface area contributed by atoms with Gasteiger partial charge in [0.05, 0.1) is 31.1 Å². The molecule has 11 heteroatoms. The summed E-state index contributed by atoms with van der Waals surface area (Å²) >= 11 is 0. The van der Waals surface area contributed by atoms with Crippen LogP contribution in [0.2, 0.25) is 0 Å². The van der Waals surface area contributed by atoms with Crippen LogP contribution in [0.4, 0.5) is 0 Å². The Morgan fingerprint density at radius 2 is 1.76 bits per heavy atom. The Morgan fingerprint density at radius 3 is 2.36 bits per heavy atom. The fraction of sp³-hybridized carbons (Fsp3) is 0.618. The number of nitrogens with one attached hydrogen (secondary N) is 1. The monoisotopic (exact) mass is 627 g/mol. The van der Waals surface area contributed by atoms with Crippen LogP contribution >= 0.6 is 0 Å². The highest BCUT2D eigenvalue weighted by Crippen LogP contribution is 2.59. The number of aliphatic hydroxyl groups is 2. The summed E-state index contributed by atoms with van der Waals surface area (Å²) in [6.07, 6.45) is 7.48. The summed E-state index contributed by atoms with van der Waals surface area (Å²) in [7, 11) is 0. The second kappa shape index (κ2) is 14.0. The predicted molar refractivity (Wildman–Crippen MR) is 162 cm³/mol. The second-order valence-corrected chi connectivity index (χ2v) is 13.3. The van der Waals surface area contributed by atoms with E-state index in [4.69, 9.17) is 28.8 Å². The minimum absolute atomic E-state index is 0.0409. The smallest absolute Gasteiger partial charge is 0.338 e. The lowest BCUT2D eigenvalue weighted by atomic mass is 9.91. The molecule has 1 aromatic carbocycles. The molecule has 246 valence electrons. The number of esters is 2. The molecule has 5 rings (SSSR count). The highest BCUT2D eigenvalue weighted by Gasteiger charge is 2.64. The van der Waals surface area contributed by atoms with Crippen molar-refractivity contribution < 1.29 is 48.3 Å². The maximum absolute atomic E-state index is 13.5. The number of hydrogen-bond donors (Lipinski definition) is 3. The van der Waals surface area contributed by atoms with Gasteiger partial charge >= 0.3 is 11.9 Å². The number of carbonyl (C=O) groups excluding carboxylic acids is 3. The number of fused-ring (bicyclic) bond motifs is 1. The second-order valence-electron chi connectivity index (χ2n) is 13.3. The number of amides is 1. The third kappa shape index (κ3) is 8.52. The van der Waals surface area contributed by atoms with E-state index in [1.54, 1.807) is 57.2 Å².